The third kappa shape index (κ3) is 5.17. The first-order valence-electron chi connectivity index (χ1n) is 10.2. The molecule has 2 aromatic rings. The second kappa shape index (κ2) is 9.26. The molecule has 2 rings (SSSR count). The predicted molar refractivity (Wildman–Crippen MR) is 116 cm³/mol. The van der Waals surface area contributed by atoms with E-state index in [9.17, 15) is 13.2 Å². The summed E-state index contributed by atoms with van der Waals surface area (Å²) >= 11 is 0. The van der Waals surface area contributed by atoms with Crippen molar-refractivity contribution < 1.29 is 13.2 Å². The van der Waals surface area contributed by atoms with Gasteiger partial charge < -0.3 is 9.47 Å². The van der Waals surface area contributed by atoms with E-state index in [1.807, 2.05) is 25.7 Å². The number of fused-ring (bicyclic) bond motifs is 1. The highest BCUT2D eigenvalue weighted by atomic mass is 32.2. The number of nitrogens with zero attached hydrogens (tertiary/aromatic N) is 4. The van der Waals surface area contributed by atoms with Gasteiger partial charge in [-0.25, -0.2) is 17.7 Å². The van der Waals surface area contributed by atoms with E-state index in [4.69, 9.17) is 0 Å². The number of rotatable bonds is 9. The first kappa shape index (κ1) is 23.3. The van der Waals surface area contributed by atoms with E-state index in [0.717, 1.165) is 17.9 Å². The lowest BCUT2D eigenvalue weighted by Crippen LogP contribution is -2.39. The van der Waals surface area contributed by atoms with Crippen molar-refractivity contribution in [1.82, 2.24) is 18.8 Å². The largest absolute Gasteiger partial charge is 0.340 e. The zero-order valence-electron chi connectivity index (χ0n) is 18.6. The number of imidazole rings is 1. The highest BCUT2D eigenvalue weighted by molar-refractivity contribution is 7.89. The number of carbonyl (C=O) groups is 1. The molecule has 0 bridgehead atoms. The summed E-state index contributed by atoms with van der Waals surface area (Å²) in [5.41, 5.74) is 1.52. The average Bonchev–Trinajstić information content (AvgIpc) is 3.00. The number of amides is 1. The lowest BCUT2D eigenvalue weighted by Gasteiger charge is -2.28. The molecule has 1 aromatic heterocycles. The van der Waals surface area contributed by atoms with E-state index < -0.39 is 10.0 Å². The highest BCUT2D eigenvalue weighted by Crippen LogP contribution is 2.23. The van der Waals surface area contributed by atoms with Gasteiger partial charge in [-0.05, 0) is 44.9 Å². The SMILES string of the molecule is CCn1c(CCC(=O)N(CC(C)C)C(C)C)nc2cc(S(=O)(=O)N(C)C)ccc21. The minimum absolute atomic E-state index is 0.124. The lowest BCUT2D eigenvalue weighted by atomic mass is 10.1. The molecule has 0 spiro atoms. The van der Waals surface area contributed by atoms with Gasteiger partial charge in [-0.15, -0.1) is 0 Å². The molecule has 0 saturated carbocycles. The molecule has 0 atom stereocenters. The second-order valence-electron chi connectivity index (χ2n) is 8.24. The van der Waals surface area contributed by atoms with Crippen LogP contribution in [0.15, 0.2) is 23.1 Å². The van der Waals surface area contributed by atoms with Crippen LogP contribution in [0, 0.1) is 5.92 Å². The van der Waals surface area contributed by atoms with E-state index in [0.29, 0.717) is 30.8 Å². The number of carbonyl (C=O) groups excluding carboxylic acids is 1. The Morgan fingerprint density at radius 2 is 1.83 bits per heavy atom. The van der Waals surface area contributed by atoms with Crippen LogP contribution in [0.1, 0.15) is 46.9 Å². The molecule has 0 saturated heterocycles. The molecule has 1 amide bonds. The van der Waals surface area contributed by atoms with E-state index in [2.05, 4.69) is 23.4 Å². The van der Waals surface area contributed by atoms with Gasteiger partial charge in [-0.1, -0.05) is 13.8 Å². The van der Waals surface area contributed by atoms with Crippen LogP contribution in [0.4, 0.5) is 0 Å². The molecule has 0 fully saturated rings. The smallest absolute Gasteiger partial charge is 0.242 e. The third-order valence-electron chi connectivity index (χ3n) is 4.96. The summed E-state index contributed by atoms with van der Waals surface area (Å²) in [4.78, 5) is 19.6. The Morgan fingerprint density at radius 1 is 1.17 bits per heavy atom. The molecule has 0 unspecified atom stereocenters. The molecule has 0 radical (unpaired) electrons. The maximum atomic E-state index is 12.8. The molecule has 0 aliphatic carbocycles. The van der Waals surface area contributed by atoms with Crippen molar-refractivity contribution in [3.63, 3.8) is 0 Å². The fourth-order valence-corrected chi connectivity index (χ4v) is 4.35. The summed E-state index contributed by atoms with van der Waals surface area (Å²) < 4.78 is 28.1. The Labute approximate surface area is 174 Å². The molecule has 162 valence electrons. The van der Waals surface area contributed by atoms with Crippen LogP contribution in [-0.4, -0.2) is 59.8 Å². The Hall–Kier alpha value is -1.93. The fraction of sp³-hybridized carbons (Fsp3) is 0.619. The summed E-state index contributed by atoms with van der Waals surface area (Å²) in [6.45, 7) is 11.8. The van der Waals surface area contributed by atoms with E-state index in [1.54, 1.807) is 18.2 Å². The summed E-state index contributed by atoms with van der Waals surface area (Å²) in [6, 6.07) is 5.19. The molecule has 0 aliphatic rings. The average molecular weight is 423 g/mol. The van der Waals surface area contributed by atoms with Crippen molar-refractivity contribution in [3.05, 3.63) is 24.0 Å². The van der Waals surface area contributed by atoms with Crippen molar-refractivity contribution in [2.45, 2.75) is 64.9 Å². The van der Waals surface area contributed by atoms with Gasteiger partial charge in [0.25, 0.3) is 0 Å². The molecule has 8 heteroatoms. The van der Waals surface area contributed by atoms with Gasteiger partial charge in [0, 0.05) is 46.1 Å². The Morgan fingerprint density at radius 3 is 2.34 bits per heavy atom. The first-order chi connectivity index (χ1) is 13.5. The van der Waals surface area contributed by atoms with Crippen molar-refractivity contribution in [2.75, 3.05) is 20.6 Å². The van der Waals surface area contributed by atoms with Crippen LogP contribution < -0.4 is 0 Å². The molecular formula is C21H34N4O3S. The molecular weight excluding hydrogens is 388 g/mol. The van der Waals surface area contributed by atoms with Gasteiger partial charge in [0.15, 0.2) is 0 Å². The zero-order valence-corrected chi connectivity index (χ0v) is 19.5. The van der Waals surface area contributed by atoms with Gasteiger partial charge >= 0.3 is 0 Å². The summed E-state index contributed by atoms with van der Waals surface area (Å²) in [5.74, 6) is 1.35. The van der Waals surface area contributed by atoms with Crippen LogP contribution in [0.5, 0.6) is 0 Å². The standard InChI is InChI=1S/C21H34N4O3S/c1-8-24-19-10-9-17(29(27,28)23(6)7)13-18(19)22-20(24)11-12-21(26)25(16(4)5)14-15(2)3/h9-10,13,15-16H,8,11-12,14H2,1-7H3. The summed E-state index contributed by atoms with van der Waals surface area (Å²) in [5, 5.41) is 0. The van der Waals surface area contributed by atoms with Crippen LogP contribution in [0.2, 0.25) is 0 Å². The minimum atomic E-state index is -3.51. The molecule has 7 nitrogen and oxygen atoms in total. The summed E-state index contributed by atoms with van der Waals surface area (Å²) in [6.07, 6.45) is 0.912. The molecule has 1 aromatic carbocycles. The number of benzene rings is 1. The first-order valence-corrected chi connectivity index (χ1v) is 11.6. The normalized spacial score (nSPS) is 12.5. The number of hydrogen-bond donors (Lipinski definition) is 0. The Bertz CT molecular complexity index is 962. The Kier molecular flexibility index (Phi) is 7.45. The summed E-state index contributed by atoms with van der Waals surface area (Å²) in [7, 11) is -0.488. The number of aryl methyl sites for hydroxylation is 2. The fourth-order valence-electron chi connectivity index (χ4n) is 3.43. The third-order valence-corrected chi connectivity index (χ3v) is 6.77. The molecule has 0 aliphatic heterocycles. The maximum absolute atomic E-state index is 12.8. The molecule has 0 N–H and O–H groups in total. The van der Waals surface area contributed by atoms with Crippen LogP contribution in [0.25, 0.3) is 11.0 Å². The van der Waals surface area contributed by atoms with Crippen molar-refractivity contribution in [2.24, 2.45) is 5.92 Å². The van der Waals surface area contributed by atoms with Crippen molar-refractivity contribution >= 4 is 27.0 Å². The molecule has 1 heterocycles. The van der Waals surface area contributed by atoms with Crippen LogP contribution in [-0.2, 0) is 27.8 Å². The van der Waals surface area contributed by atoms with E-state index >= 15 is 0 Å². The van der Waals surface area contributed by atoms with Crippen molar-refractivity contribution in [1.29, 1.82) is 0 Å². The number of hydrogen-bond acceptors (Lipinski definition) is 4. The number of aromatic nitrogens is 2. The van der Waals surface area contributed by atoms with Crippen molar-refractivity contribution in [3.8, 4) is 0 Å². The quantitative estimate of drug-likeness (QED) is 0.622. The van der Waals surface area contributed by atoms with Crippen LogP contribution >= 0.6 is 0 Å². The van der Waals surface area contributed by atoms with Gasteiger partial charge in [0.2, 0.25) is 15.9 Å². The van der Waals surface area contributed by atoms with Crippen LogP contribution in [0.3, 0.4) is 0 Å². The van der Waals surface area contributed by atoms with Gasteiger partial charge in [0.05, 0.1) is 15.9 Å². The van der Waals surface area contributed by atoms with Gasteiger partial charge in [0.1, 0.15) is 5.82 Å². The Balaban J connectivity index is 2.30. The number of sulfonamides is 1. The molecule has 29 heavy (non-hydrogen) atoms. The highest BCUT2D eigenvalue weighted by Gasteiger charge is 2.21. The topological polar surface area (TPSA) is 75.5 Å². The van der Waals surface area contributed by atoms with E-state index in [-0.39, 0.29) is 16.8 Å². The monoisotopic (exact) mass is 422 g/mol. The zero-order chi connectivity index (χ0) is 21.9. The second-order valence-corrected chi connectivity index (χ2v) is 10.4. The predicted octanol–water partition coefficient (Wildman–Crippen LogP) is 3.13. The van der Waals surface area contributed by atoms with E-state index in [1.165, 1.54) is 18.4 Å². The lowest BCUT2D eigenvalue weighted by molar-refractivity contribution is -0.133. The van der Waals surface area contributed by atoms with Gasteiger partial charge in [-0.3, -0.25) is 4.79 Å². The van der Waals surface area contributed by atoms with Gasteiger partial charge in [-0.2, -0.15) is 0 Å². The minimum Gasteiger partial charge on any atom is -0.340 e. The maximum Gasteiger partial charge on any atom is 0.242 e.